The SMILES string of the molecule is COc1ccc(C(=O)CSc2ccc(Cl)cc2)cn1. The molecule has 0 aliphatic carbocycles. The summed E-state index contributed by atoms with van der Waals surface area (Å²) in [6, 6.07) is 10.8. The Labute approximate surface area is 121 Å². The summed E-state index contributed by atoms with van der Waals surface area (Å²) in [5.74, 6) is 0.910. The van der Waals surface area contributed by atoms with Gasteiger partial charge in [-0.15, -0.1) is 11.8 Å². The Morgan fingerprint density at radius 3 is 2.58 bits per heavy atom. The number of benzene rings is 1. The van der Waals surface area contributed by atoms with Crippen molar-refractivity contribution in [3.63, 3.8) is 0 Å². The Hall–Kier alpha value is -1.52. The van der Waals surface area contributed by atoms with Crippen molar-refractivity contribution in [1.29, 1.82) is 0 Å². The van der Waals surface area contributed by atoms with Crippen molar-refractivity contribution in [3.8, 4) is 5.88 Å². The van der Waals surface area contributed by atoms with E-state index in [-0.39, 0.29) is 5.78 Å². The third-order valence-corrected chi connectivity index (χ3v) is 3.72. The molecule has 0 N–H and O–H groups in total. The number of aromatic nitrogens is 1. The predicted octanol–water partition coefficient (Wildman–Crippen LogP) is 3.72. The molecule has 0 amide bonds. The molecule has 19 heavy (non-hydrogen) atoms. The van der Waals surface area contributed by atoms with E-state index in [1.807, 2.05) is 24.3 Å². The lowest BCUT2D eigenvalue weighted by molar-refractivity contribution is 0.102. The van der Waals surface area contributed by atoms with E-state index in [0.29, 0.717) is 22.2 Å². The predicted molar refractivity (Wildman–Crippen MR) is 77.3 cm³/mol. The highest BCUT2D eigenvalue weighted by Crippen LogP contribution is 2.21. The fourth-order valence-corrected chi connectivity index (χ4v) is 2.35. The van der Waals surface area contributed by atoms with E-state index in [1.54, 1.807) is 19.2 Å². The third kappa shape index (κ3) is 3.98. The van der Waals surface area contributed by atoms with Gasteiger partial charge in [0.15, 0.2) is 5.78 Å². The van der Waals surface area contributed by atoms with E-state index in [0.717, 1.165) is 4.90 Å². The third-order valence-electron chi connectivity index (χ3n) is 2.45. The number of carbonyl (C=O) groups excluding carboxylic acids is 1. The molecule has 0 atom stereocenters. The Bertz CT molecular complexity index is 555. The van der Waals surface area contributed by atoms with Crippen LogP contribution in [0.2, 0.25) is 5.02 Å². The van der Waals surface area contributed by atoms with Crippen molar-refractivity contribution in [3.05, 3.63) is 53.2 Å². The fraction of sp³-hybridized carbons (Fsp3) is 0.143. The maximum atomic E-state index is 12.0. The minimum atomic E-state index is 0.0371. The second-order valence-electron chi connectivity index (χ2n) is 3.76. The molecule has 3 nitrogen and oxygen atoms in total. The molecule has 0 aliphatic heterocycles. The second-order valence-corrected chi connectivity index (χ2v) is 5.24. The molecule has 0 radical (unpaired) electrons. The van der Waals surface area contributed by atoms with Gasteiger partial charge >= 0.3 is 0 Å². The van der Waals surface area contributed by atoms with E-state index < -0.39 is 0 Å². The van der Waals surface area contributed by atoms with E-state index in [9.17, 15) is 4.79 Å². The van der Waals surface area contributed by atoms with Crippen LogP contribution in [0.25, 0.3) is 0 Å². The average Bonchev–Trinajstić information content (AvgIpc) is 2.46. The molecule has 0 aliphatic rings. The standard InChI is InChI=1S/C14H12ClNO2S/c1-18-14-7-2-10(8-16-14)13(17)9-19-12-5-3-11(15)4-6-12/h2-8H,9H2,1H3. The molecule has 5 heteroatoms. The Balaban J connectivity index is 1.95. The highest BCUT2D eigenvalue weighted by atomic mass is 35.5. The molecular weight excluding hydrogens is 282 g/mol. The number of Topliss-reactive ketones (excluding diaryl/α,β-unsaturated/α-hetero) is 1. The number of pyridine rings is 1. The Morgan fingerprint density at radius 2 is 2.00 bits per heavy atom. The van der Waals surface area contributed by atoms with Gasteiger partial charge in [-0.1, -0.05) is 11.6 Å². The van der Waals surface area contributed by atoms with Crippen LogP contribution in [0.15, 0.2) is 47.5 Å². The lowest BCUT2D eigenvalue weighted by Crippen LogP contribution is -2.03. The van der Waals surface area contributed by atoms with Gasteiger partial charge in [-0.05, 0) is 30.3 Å². The minimum Gasteiger partial charge on any atom is -0.481 e. The first kappa shape index (κ1) is 13.9. The van der Waals surface area contributed by atoms with E-state index >= 15 is 0 Å². The first-order chi connectivity index (χ1) is 9.19. The molecule has 0 saturated carbocycles. The van der Waals surface area contributed by atoms with Crippen LogP contribution in [0.5, 0.6) is 5.88 Å². The Morgan fingerprint density at radius 1 is 1.26 bits per heavy atom. The number of hydrogen-bond donors (Lipinski definition) is 0. The summed E-state index contributed by atoms with van der Waals surface area (Å²) in [6.07, 6.45) is 1.53. The maximum Gasteiger partial charge on any atom is 0.212 e. The zero-order valence-electron chi connectivity index (χ0n) is 10.3. The van der Waals surface area contributed by atoms with Crippen molar-refractivity contribution >= 4 is 29.1 Å². The maximum absolute atomic E-state index is 12.0. The summed E-state index contributed by atoms with van der Waals surface area (Å²) in [5, 5.41) is 0.690. The van der Waals surface area contributed by atoms with Gasteiger partial charge in [-0.2, -0.15) is 0 Å². The minimum absolute atomic E-state index is 0.0371. The molecule has 0 unspecified atom stereocenters. The molecule has 0 saturated heterocycles. The van der Waals surface area contributed by atoms with Crippen LogP contribution in [-0.2, 0) is 0 Å². The van der Waals surface area contributed by atoms with E-state index in [4.69, 9.17) is 16.3 Å². The van der Waals surface area contributed by atoms with Gasteiger partial charge in [0, 0.05) is 27.7 Å². The number of ether oxygens (including phenoxy) is 1. The van der Waals surface area contributed by atoms with Crippen LogP contribution >= 0.6 is 23.4 Å². The first-order valence-corrected chi connectivity index (χ1v) is 6.97. The number of methoxy groups -OCH3 is 1. The highest BCUT2D eigenvalue weighted by Gasteiger charge is 2.07. The molecule has 0 bridgehead atoms. The van der Waals surface area contributed by atoms with E-state index in [2.05, 4.69) is 4.98 Å². The summed E-state index contributed by atoms with van der Waals surface area (Å²) in [6.45, 7) is 0. The molecule has 98 valence electrons. The summed E-state index contributed by atoms with van der Waals surface area (Å²) >= 11 is 7.28. The second kappa shape index (κ2) is 6.59. The Kier molecular flexibility index (Phi) is 4.82. The van der Waals surface area contributed by atoms with Crippen molar-refractivity contribution in [1.82, 2.24) is 4.98 Å². The topological polar surface area (TPSA) is 39.2 Å². The van der Waals surface area contributed by atoms with Gasteiger partial charge in [0.2, 0.25) is 5.88 Å². The molecule has 1 aromatic heterocycles. The molecule has 0 spiro atoms. The number of ketones is 1. The molecule has 2 rings (SSSR count). The zero-order valence-corrected chi connectivity index (χ0v) is 11.9. The van der Waals surface area contributed by atoms with Crippen LogP contribution in [0.3, 0.4) is 0 Å². The lowest BCUT2D eigenvalue weighted by Gasteiger charge is -2.03. The van der Waals surface area contributed by atoms with Gasteiger partial charge in [0.1, 0.15) is 0 Å². The van der Waals surface area contributed by atoms with Gasteiger partial charge in [0.25, 0.3) is 0 Å². The van der Waals surface area contributed by atoms with Crippen LogP contribution in [0, 0.1) is 0 Å². The fourth-order valence-electron chi connectivity index (χ4n) is 1.43. The quantitative estimate of drug-likeness (QED) is 0.622. The average molecular weight is 294 g/mol. The molecular formula is C14H12ClNO2S. The zero-order chi connectivity index (χ0) is 13.7. The summed E-state index contributed by atoms with van der Waals surface area (Å²) in [7, 11) is 1.54. The number of halogens is 1. The van der Waals surface area contributed by atoms with Gasteiger partial charge in [0.05, 0.1) is 12.9 Å². The molecule has 2 aromatic rings. The number of nitrogens with zero attached hydrogens (tertiary/aromatic N) is 1. The smallest absolute Gasteiger partial charge is 0.212 e. The van der Waals surface area contributed by atoms with E-state index in [1.165, 1.54) is 18.0 Å². The molecule has 1 heterocycles. The van der Waals surface area contributed by atoms with Crippen LogP contribution in [0.4, 0.5) is 0 Å². The monoisotopic (exact) mass is 293 g/mol. The van der Waals surface area contributed by atoms with Gasteiger partial charge in [-0.3, -0.25) is 4.79 Å². The van der Waals surface area contributed by atoms with Crippen molar-refractivity contribution in [2.24, 2.45) is 0 Å². The highest BCUT2D eigenvalue weighted by molar-refractivity contribution is 8.00. The summed E-state index contributed by atoms with van der Waals surface area (Å²) in [5.41, 5.74) is 0.585. The molecule has 1 aromatic carbocycles. The summed E-state index contributed by atoms with van der Waals surface area (Å²) < 4.78 is 4.95. The van der Waals surface area contributed by atoms with Crippen LogP contribution < -0.4 is 4.74 Å². The molecule has 0 fully saturated rings. The van der Waals surface area contributed by atoms with Crippen molar-refractivity contribution in [2.45, 2.75) is 4.90 Å². The number of thioether (sulfide) groups is 1. The normalized spacial score (nSPS) is 10.2. The summed E-state index contributed by atoms with van der Waals surface area (Å²) in [4.78, 5) is 17.0. The van der Waals surface area contributed by atoms with Gasteiger partial charge in [-0.25, -0.2) is 4.98 Å². The number of carbonyl (C=O) groups is 1. The van der Waals surface area contributed by atoms with Gasteiger partial charge < -0.3 is 4.74 Å². The van der Waals surface area contributed by atoms with Crippen molar-refractivity contribution in [2.75, 3.05) is 12.9 Å². The number of hydrogen-bond acceptors (Lipinski definition) is 4. The first-order valence-electron chi connectivity index (χ1n) is 5.60. The van der Waals surface area contributed by atoms with Crippen LogP contribution in [0.1, 0.15) is 10.4 Å². The number of rotatable bonds is 5. The largest absolute Gasteiger partial charge is 0.481 e. The van der Waals surface area contributed by atoms with Crippen molar-refractivity contribution < 1.29 is 9.53 Å². The lowest BCUT2D eigenvalue weighted by atomic mass is 10.2. The van der Waals surface area contributed by atoms with Crippen LogP contribution in [-0.4, -0.2) is 23.6 Å².